The molecule has 0 saturated carbocycles. The Balaban J connectivity index is 2.14. The maximum Gasteiger partial charge on any atom is 0.303 e. The number of phenolic OH excluding ortho intramolecular Hbond substituents is 2. The third kappa shape index (κ3) is 5.73. The van der Waals surface area contributed by atoms with Gasteiger partial charge in [-0.15, -0.1) is 0 Å². The first-order valence-electron chi connectivity index (χ1n) is 10.7. The lowest BCUT2D eigenvalue weighted by Gasteiger charge is -2.24. The molecule has 0 atom stereocenters. The number of aromatic hydroxyl groups is 2. The minimum absolute atomic E-state index is 0.123. The Morgan fingerprint density at radius 1 is 0.886 bits per heavy atom. The molecule has 0 spiro atoms. The minimum atomic E-state index is -1.42. The van der Waals surface area contributed by atoms with Crippen LogP contribution in [0.2, 0.25) is 0 Å². The fraction of sp³-hybridized carbons (Fsp3) is 0.185. The van der Waals surface area contributed by atoms with Gasteiger partial charge in [0.05, 0.1) is 0 Å². The standard InChI is InChI=1S/C27H25NO7/c1-16(31)35-27(2,3)26(34)28-20-6-4-5-19(13-20)25(21-11-17(14-29)7-9-23(21)32)22-12-18(15-30)8-10-24(22)33/h4-15,25,32-33H,1-3H3,(H,28,34). The molecular weight excluding hydrogens is 450 g/mol. The molecule has 3 aromatic rings. The van der Waals surface area contributed by atoms with E-state index in [0.717, 1.165) is 0 Å². The van der Waals surface area contributed by atoms with Crippen molar-refractivity contribution in [3.63, 3.8) is 0 Å². The Hall–Kier alpha value is -4.46. The molecule has 0 radical (unpaired) electrons. The zero-order valence-electron chi connectivity index (χ0n) is 19.4. The molecule has 0 aliphatic carbocycles. The molecule has 0 heterocycles. The second kappa shape index (κ2) is 10.2. The number of anilines is 1. The van der Waals surface area contributed by atoms with Gasteiger partial charge in [0.2, 0.25) is 0 Å². The first-order valence-corrected chi connectivity index (χ1v) is 10.7. The number of esters is 1. The van der Waals surface area contributed by atoms with Gasteiger partial charge < -0.3 is 20.3 Å². The molecule has 0 aromatic heterocycles. The van der Waals surface area contributed by atoms with Crippen molar-refractivity contribution in [2.24, 2.45) is 0 Å². The number of aldehydes is 2. The van der Waals surface area contributed by atoms with Crippen molar-refractivity contribution >= 4 is 30.1 Å². The Morgan fingerprint density at radius 3 is 1.91 bits per heavy atom. The molecule has 0 saturated heterocycles. The lowest BCUT2D eigenvalue weighted by molar-refractivity contribution is -0.160. The normalized spacial score (nSPS) is 11.1. The molecule has 0 aliphatic heterocycles. The number of hydrogen-bond acceptors (Lipinski definition) is 7. The number of ether oxygens (including phenoxy) is 1. The molecule has 0 aliphatic rings. The number of rotatable bonds is 8. The molecule has 0 fully saturated rings. The van der Waals surface area contributed by atoms with Gasteiger partial charge in [0.1, 0.15) is 24.1 Å². The molecule has 8 nitrogen and oxygen atoms in total. The number of amides is 1. The second-order valence-corrected chi connectivity index (χ2v) is 8.49. The number of carbonyl (C=O) groups is 4. The number of nitrogens with one attached hydrogen (secondary N) is 1. The second-order valence-electron chi connectivity index (χ2n) is 8.49. The van der Waals surface area contributed by atoms with E-state index in [1.807, 2.05) is 0 Å². The number of hydrogen-bond donors (Lipinski definition) is 3. The quantitative estimate of drug-likeness (QED) is 0.253. The highest BCUT2D eigenvalue weighted by Gasteiger charge is 2.31. The van der Waals surface area contributed by atoms with Crippen molar-refractivity contribution in [2.75, 3.05) is 5.32 Å². The highest BCUT2D eigenvalue weighted by Crippen LogP contribution is 2.41. The van der Waals surface area contributed by atoms with Crippen LogP contribution >= 0.6 is 0 Å². The van der Waals surface area contributed by atoms with Gasteiger partial charge in [-0.1, -0.05) is 12.1 Å². The van der Waals surface area contributed by atoms with Gasteiger partial charge in [0.25, 0.3) is 5.91 Å². The van der Waals surface area contributed by atoms with Crippen LogP contribution < -0.4 is 5.32 Å². The summed E-state index contributed by atoms with van der Waals surface area (Å²) in [5, 5.41) is 24.0. The molecule has 35 heavy (non-hydrogen) atoms. The van der Waals surface area contributed by atoms with E-state index in [4.69, 9.17) is 4.74 Å². The van der Waals surface area contributed by atoms with Gasteiger partial charge in [-0.25, -0.2) is 0 Å². The van der Waals surface area contributed by atoms with Crippen LogP contribution in [0.15, 0.2) is 60.7 Å². The van der Waals surface area contributed by atoms with Crippen LogP contribution in [0.4, 0.5) is 5.69 Å². The lowest BCUT2D eigenvalue weighted by Crippen LogP contribution is -2.41. The van der Waals surface area contributed by atoms with Crippen molar-refractivity contribution < 1.29 is 34.1 Å². The smallest absolute Gasteiger partial charge is 0.303 e. The third-order valence-electron chi connectivity index (χ3n) is 5.42. The van der Waals surface area contributed by atoms with E-state index < -0.39 is 23.4 Å². The van der Waals surface area contributed by atoms with E-state index in [9.17, 15) is 29.4 Å². The zero-order chi connectivity index (χ0) is 25.8. The van der Waals surface area contributed by atoms with Crippen molar-refractivity contribution in [3.05, 3.63) is 88.5 Å². The van der Waals surface area contributed by atoms with E-state index in [1.165, 1.54) is 57.2 Å². The summed E-state index contributed by atoms with van der Waals surface area (Å²) >= 11 is 0. The monoisotopic (exact) mass is 475 g/mol. The summed E-state index contributed by atoms with van der Waals surface area (Å²) in [6.07, 6.45) is 1.27. The maximum atomic E-state index is 12.7. The summed E-state index contributed by atoms with van der Waals surface area (Å²) in [6, 6.07) is 15.3. The zero-order valence-corrected chi connectivity index (χ0v) is 19.4. The topological polar surface area (TPSA) is 130 Å². The fourth-order valence-electron chi connectivity index (χ4n) is 3.76. The van der Waals surface area contributed by atoms with Crippen LogP contribution in [0.3, 0.4) is 0 Å². The average Bonchev–Trinajstić information content (AvgIpc) is 2.81. The van der Waals surface area contributed by atoms with Crippen molar-refractivity contribution in [1.82, 2.24) is 0 Å². The van der Waals surface area contributed by atoms with E-state index in [1.54, 1.807) is 24.3 Å². The van der Waals surface area contributed by atoms with Crippen LogP contribution in [-0.2, 0) is 14.3 Å². The Morgan fingerprint density at radius 2 is 1.43 bits per heavy atom. The Kier molecular flexibility index (Phi) is 7.34. The van der Waals surface area contributed by atoms with Crippen molar-refractivity contribution in [3.8, 4) is 11.5 Å². The predicted octanol–water partition coefficient (Wildman–Crippen LogP) is 4.18. The molecule has 0 unspecified atom stereocenters. The predicted molar refractivity (Wildman–Crippen MR) is 129 cm³/mol. The van der Waals surface area contributed by atoms with Gasteiger partial charge >= 0.3 is 5.97 Å². The molecule has 3 N–H and O–H groups in total. The van der Waals surface area contributed by atoms with Crippen LogP contribution in [-0.4, -0.2) is 40.3 Å². The van der Waals surface area contributed by atoms with Gasteiger partial charge in [-0.05, 0) is 67.9 Å². The van der Waals surface area contributed by atoms with Crippen molar-refractivity contribution in [1.29, 1.82) is 0 Å². The maximum absolute atomic E-state index is 12.7. The average molecular weight is 475 g/mol. The van der Waals surface area contributed by atoms with Crippen LogP contribution in [0.1, 0.15) is 64.1 Å². The Labute approximate surface area is 202 Å². The summed E-state index contributed by atoms with van der Waals surface area (Å²) in [7, 11) is 0. The summed E-state index contributed by atoms with van der Waals surface area (Å²) in [5.41, 5.74) is 0.740. The van der Waals surface area contributed by atoms with Gasteiger partial charge in [-0.2, -0.15) is 0 Å². The lowest BCUT2D eigenvalue weighted by atomic mass is 9.83. The van der Waals surface area contributed by atoms with Gasteiger partial charge in [0.15, 0.2) is 5.60 Å². The molecule has 180 valence electrons. The van der Waals surface area contributed by atoms with Crippen LogP contribution in [0.5, 0.6) is 11.5 Å². The van der Waals surface area contributed by atoms with E-state index in [-0.39, 0.29) is 11.5 Å². The summed E-state index contributed by atoms with van der Waals surface area (Å²) in [6.45, 7) is 4.13. The molecule has 8 heteroatoms. The van der Waals surface area contributed by atoms with E-state index in [2.05, 4.69) is 5.32 Å². The van der Waals surface area contributed by atoms with Gasteiger partial charge in [0, 0.05) is 40.8 Å². The SMILES string of the molecule is CC(=O)OC(C)(C)C(=O)Nc1cccc(C(c2cc(C=O)ccc2O)c2cc(C=O)ccc2O)c1. The number of carbonyl (C=O) groups excluding carboxylic acids is 4. The summed E-state index contributed by atoms with van der Waals surface area (Å²) in [5.74, 6) is -2.20. The summed E-state index contributed by atoms with van der Waals surface area (Å²) < 4.78 is 5.09. The minimum Gasteiger partial charge on any atom is -0.508 e. The largest absolute Gasteiger partial charge is 0.508 e. The van der Waals surface area contributed by atoms with Gasteiger partial charge in [-0.3, -0.25) is 19.2 Å². The molecule has 0 bridgehead atoms. The summed E-state index contributed by atoms with van der Waals surface area (Å²) in [4.78, 5) is 46.9. The van der Waals surface area contributed by atoms with E-state index in [0.29, 0.717) is 46.1 Å². The number of phenols is 2. The molecular formula is C27H25NO7. The first-order chi connectivity index (χ1) is 16.6. The highest BCUT2D eigenvalue weighted by molar-refractivity contribution is 5.98. The van der Waals surface area contributed by atoms with E-state index >= 15 is 0 Å². The molecule has 3 rings (SSSR count). The number of benzene rings is 3. The third-order valence-corrected chi connectivity index (χ3v) is 5.42. The first kappa shape index (κ1) is 25.2. The fourth-order valence-corrected chi connectivity index (χ4v) is 3.76. The molecule has 1 amide bonds. The molecule has 3 aromatic carbocycles. The Bertz CT molecular complexity index is 1240. The van der Waals surface area contributed by atoms with Crippen LogP contribution in [0, 0.1) is 0 Å². The van der Waals surface area contributed by atoms with Crippen LogP contribution in [0.25, 0.3) is 0 Å². The highest BCUT2D eigenvalue weighted by atomic mass is 16.6. The van der Waals surface area contributed by atoms with Crippen molar-refractivity contribution in [2.45, 2.75) is 32.3 Å².